The molecule has 23 heavy (non-hydrogen) atoms. The van der Waals surface area contributed by atoms with E-state index in [2.05, 4.69) is 0 Å². The Morgan fingerprint density at radius 2 is 1.39 bits per heavy atom. The van der Waals surface area contributed by atoms with Crippen LogP contribution in [-0.4, -0.2) is 22.2 Å². The predicted molar refractivity (Wildman–Crippen MR) is 90.1 cm³/mol. The summed E-state index contributed by atoms with van der Waals surface area (Å²) in [5.41, 5.74) is -5.37. The van der Waals surface area contributed by atoms with E-state index >= 15 is 0 Å². The monoisotopic (exact) mass is 376 g/mol. The van der Waals surface area contributed by atoms with Gasteiger partial charge in [-0.3, -0.25) is 0 Å². The van der Waals surface area contributed by atoms with Crippen molar-refractivity contribution in [3.63, 3.8) is 0 Å². The van der Waals surface area contributed by atoms with Crippen molar-refractivity contribution < 1.29 is 25.5 Å². The van der Waals surface area contributed by atoms with Crippen molar-refractivity contribution in [2.45, 2.75) is 83.9 Å². The van der Waals surface area contributed by atoms with E-state index in [0.717, 1.165) is 6.42 Å². The standard InChI is InChI=1S/C15H31F3O3SSi/c1-8-9-14(6,7)23(10-12(2)3,11-13(4)5)21-22(19,20)15(16,17)18/h12-13H,8-11H2,1-7H3. The quantitative estimate of drug-likeness (QED) is 0.383. The van der Waals surface area contributed by atoms with E-state index in [9.17, 15) is 21.6 Å². The van der Waals surface area contributed by atoms with Gasteiger partial charge in [0.1, 0.15) is 0 Å². The zero-order valence-electron chi connectivity index (χ0n) is 15.3. The molecule has 0 aliphatic rings. The van der Waals surface area contributed by atoms with Crippen molar-refractivity contribution in [3.05, 3.63) is 0 Å². The highest BCUT2D eigenvalue weighted by molar-refractivity contribution is 7.88. The van der Waals surface area contributed by atoms with Gasteiger partial charge in [0.15, 0.2) is 0 Å². The van der Waals surface area contributed by atoms with Gasteiger partial charge in [-0.05, 0) is 35.4 Å². The fraction of sp³-hybridized carbons (Fsp3) is 1.00. The number of halogens is 3. The van der Waals surface area contributed by atoms with Crippen LogP contribution < -0.4 is 0 Å². The van der Waals surface area contributed by atoms with Crippen molar-refractivity contribution in [2.75, 3.05) is 0 Å². The predicted octanol–water partition coefficient (Wildman–Crippen LogP) is 5.69. The Balaban J connectivity index is 6.12. The molecule has 0 saturated carbocycles. The SMILES string of the molecule is CCCC(C)(C)[Si](CC(C)C)(CC(C)C)OS(=O)(=O)C(F)(F)F. The molecule has 0 unspecified atom stereocenters. The molecule has 0 N–H and O–H groups in total. The van der Waals surface area contributed by atoms with E-state index in [1.54, 1.807) is 0 Å². The molecule has 0 atom stereocenters. The maximum absolute atomic E-state index is 12.9. The first-order valence-electron chi connectivity index (χ1n) is 8.12. The molecule has 0 aromatic heterocycles. The summed E-state index contributed by atoms with van der Waals surface area (Å²) >= 11 is 0. The van der Waals surface area contributed by atoms with Crippen molar-refractivity contribution >= 4 is 18.4 Å². The average Bonchev–Trinajstić information content (AvgIpc) is 2.23. The molecule has 0 bridgehead atoms. The molecule has 0 spiro atoms. The van der Waals surface area contributed by atoms with Gasteiger partial charge in [0.05, 0.1) is 0 Å². The van der Waals surface area contributed by atoms with E-state index in [-0.39, 0.29) is 11.8 Å². The minimum atomic E-state index is -5.59. The van der Waals surface area contributed by atoms with Crippen LogP contribution in [0.4, 0.5) is 13.2 Å². The number of hydrogen-bond donors (Lipinski definition) is 0. The number of alkyl halides is 3. The Labute approximate surface area is 140 Å². The van der Waals surface area contributed by atoms with Crippen molar-refractivity contribution in [1.29, 1.82) is 0 Å². The first-order chi connectivity index (χ1) is 10.1. The van der Waals surface area contributed by atoms with E-state index in [4.69, 9.17) is 3.87 Å². The molecule has 0 heterocycles. The van der Waals surface area contributed by atoms with Gasteiger partial charge < -0.3 is 3.87 Å². The summed E-state index contributed by atoms with van der Waals surface area (Å²) in [5.74, 6) is 0.139. The largest absolute Gasteiger partial charge is 0.522 e. The van der Waals surface area contributed by atoms with Crippen LogP contribution in [0.2, 0.25) is 17.1 Å². The highest BCUT2D eigenvalue weighted by Gasteiger charge is 2.58. The Bertz CT molecular complexity index is 461. The Morgan fingerprint density at radius 1 is 1.00 bits per heavy atom. The molecule has 0 saturated heterocycles. The second kappa shape index (κ2) is 7.87. The van der Waals surface area contributed by atoms with Crippen LogP contribution in [0.1, 0.15) is 61.3 Å². The van der Waals surface area contributed by atoms with Crippen LogP contribution in [0, 0.1) is 11.8 Å². The summed E-state index contributed by atoms with van der Waals surface area (Å²) in [6.07, 6.45) is 1.42. The first-order valence-corrected chi connectivity index (χ1v) is 11.8. The highest BCUT2D eigenvalue weighted by atomic mass is 32.2. The van der Waals surface area contributed by atoms with Gasteiger partial charge in [-0.25, -0.2) is 0 Å². The van der Waals surface area contributed by atoms with Gasteiger partial charge >= 0.3 is 15.6 Å². The van der Waals surface area contributed by atoms with Crippen LogP contribution in [0.3, 0.4) is 0 Å². The van der Waals surface area contributed by atoms with E-state index in [0.29, 0.717) is 18.5 Å². The summed E-state index contributed by atoms with van der Waals surface area (Å²) in [4.78, 5) is 0. The molecule has 8 heteroatoms. The summed E-state index contributed by atoms with van der Waals surface area (Å²) in [6.45, 7) is 13.3. The fourth-order valence-electron chi connectivity index (χ4n) is 3.25. The van der Waals surface area contributed by atoms with Crippen LogP contribution in [0.25, 0.3) is 0 Å². The minimum Gasteiger partial charge on any atom is -0.307 e. The Kier molecular flexibility index (Phi) is 7.84. The molecule has 0 aromatic rings. The maximum atomic E-state index is 12.9. The van der Waals surface area contributed by atoms with Gasteiger partial charge in [0.25, 0.3) is 0 Å². The molecular formula is C15H31F3O3SSi. The topological polar surface area (TPSA) is 43.4 Å². The van der Waals surface area contributed by atoms with Gasteiger partial charge in [-0.1, -0.05) is 54.9 Å². The van der Waals surface area contributed by atoms with Gasteiger partial charge in [0.2, 0.25) is 8.32 Å². The third-order valence-electron chi connectivity index (χ3n) is 4.14. The van der Waals surface area contributed by atoms with Crippen molar-refractivity contribution in [1.82, 2.24) is 0 Å². The van der Waals surface area contributed by atoms with Gasteiger partial charge in [-0.15, -0.1) is 0 Å². The third kappa shape index (κ3) is 6.05. The van der Waals surface area contributed by atoms with Crippen LogP contribution in [0.5, 0.6) is 0 Å². The second-order valence-electron chi connectivity index (χ2n) is 7.81. The normalized spacial score (nSPS) is 14.8. The highest BCUT2D eigenvalue weighted by Crippen LogP contribution is 2.51. The molecule has 3 nitrogen and oxygen atoms in total. The lowest BCUT2D eigenvalue weighted by Gasteiger charge is -2.45. The smallest absolute Gasteiger partial charge is 0.307 e. The minimum absolute atomic E-state index is 0.0694. The lowest BCUT2D eigenvalue weighted by Crippen LogP contribution is -2.53. The summed E-state index contributed by atoms with van der Waals surface area (Å²) in [7, 11) is -8.81. The molecule has 0 rings (SSSR count). The third-order valence-corrected chi connectivity index (χ3v) is 12.5. The van der Waals surface area contributed by atoms with Crippen molar-refractivity contribution in [2.24, 2.45) is 11.8 Å². The summed E-state index contributed by atoms with van der Waals surface area (Å²) in [6, 6.07) is 0.793. The van der Waals surface area contributed by atoms with Crippen LogP contribution in [-0.2, 0) is 14.0 Å². The molecule has 0 amide bonds. The first kappa shape index (κ1) is 22.9. The lowest BCUT2D eigenvalue weighted by molar-refractivity contribution is -0.0506. The maximum Gasteiger partial charge on any atom is 0.522 e. The zero-order valence-corrected chi connectivity index (χ0v) is 17.1. The van der Waals surface area contributed by atoms with Gasteiger partial charge in [-0.2, -0.15) is 21.6 Å². The fourth-order valence-corrected chi connectivity index (χ4v) is 11.4. The molecule has 0 fully saturated rings. The van der Waals surface area contributed by atoms with Gasteiger partial charge in [0, 0.05) is 0 Å². The van der Waals surface area contributed by atoms with Crippen LogP contribution >= 0.6 is 0 Å². The van der Waals surface area contributed by atoms with E-state index in [1.165, 1.54) is 0 Å². The van der Waals surface area contributed by atoms with E-state index < -0.39 is 29.0 Å². The van der Waals surface area contributed by atoms with Crippen LogP contribution in [0.15, 0.2) is 0 Å². The molecule has 0 aliphatic carbocycles. The lowest BCUT2D eigenvalue weighted by atomic mass is 10.1. The number of rotatable bonds is 9. The molecular weight excluding hydrogens is 345 g/mol. The number of hydrogen-bond acceptors (Lipinski definition) is 3. The summed E-state index contributed by atoms with van der Waals surface area (Å²) < 4.78 is 67.4. The van der Waals surface area contributed by atoms with E-state index in [1.807, 2.05) is 48.5 Å². The molecule has 0 aromatic carbocycles. The molecule has 0 radical (unpaired) electrons. The molecule has 140 valence electrons. The van der Waals surface area contributed by atoms with Crippen molar-refractivity contribution in [3.8, 4) is 0 Å². The average molecular weight is 377 g/mol. The summed E-state index contributed by atoms with van der Waals surface area (Å²) in [5, 5.41) is -0.561. The molecule has 0 aliphatic heterocycles. The second-order valence-corrected chi connectivity index (χ2v) is 14.0. The Morgan fingerprint density at radius 3 is 1.65 bits per heavy atom. The zero-order chi connectivity index (χ0) is 18.7. The Hall–Kier alpha value is -0.0831.